The highest BCUT2D eigenvalue weighted by Crippen LogP contribution is 2.32. The van der Waals surface area contributed by atoms with Crippen LogP contribution < -0.4 is 4.57 Å². The van der Waals surface area contributed by atoms with Crippen LogP contribution in [0, 0.1) is 19.7 Å². The van der Waals surface area contributed by atoms with Crippen molar-refractivity contribution < 1.29 is 8.96 Å². The standard InChI is InChI=1S/C22H25FN/c1-14-11-16(22(3,4)5)12-18(15(14)2)21-13-19(23)17-9-7-8-10-20(17)24(21)6/h7-13H,1-6H3/q+1. The third-order valence-electron chi connectivity index (χ3n) is 4.96. The van der Waals surface area contributed by atoms with Gasteiger partial charge >= 0.3 is 0 Å². The highest BCUT2D eigenvalue weighted by molar-refractivity contribution is 5.79. The molecule has 2 aromatic carbocycles. The minimum absolute atomic E-state index is 0.0567. The minimum atomic E-state index is -0.170. The molecule has 0 fully saturated rings. The lowest BCUT2D eigenvalue weighted by Gasteiger charge is -2.22. The van der Waals surface area contributed by atoms with Crippen LogP contribution in [0.15, 0.2) is 42.5 Å². The van der Waals surface area contributed by atoms with Crippen LogP contribution in [0.1, 0.15) is 37.5 Å². The number of aromatic nitrogens is 1. The number of para-hydroxylation sites is 1. The summed E-state index contributed by atoms with van der Waals surface area (Å²) in [5, 5.41) is 0.658. The van der Waals surface area contributed by atoms with Crippen molar-refractivity contribution in [2.75, 3.05) is 0 Å². The maximum Gasteiger partial charge on any atom is 0.216 e. The molecule has 0 amide bonds. The molecule has 3 aromatic rings. The molecule has 0 atom stereocenters. The lowest BCUT2D eigenvalue weighted by molar-refractivity contribution is -0.633. The molecule has 124 valence electrons. The van der Waals surface area contributed by atoms with E-state index in [2.05, 4.69) is 51.3 Å². The zero-order valence-corrected chi connectivity index (χ0v) is 15.4. The zero-order valence-electron chi connectivity index (χ0n) is 15.4. The van der Waals surface area contributed by atoms with E-state index in [1.54, 1.807) is 6.07 Å². The Morgan fingerprint density at radius 2 is 1.62 bits per heavy atom. The number of benzene rings is 2. The Bertz CT molecular complexity index is 933. The predicted octanol–water partition coefficient (Wildman–Crippen LogP) is 5.38. The zero-order chi connectivity index (χ0) is 17.6. The van der Waals surface area contributed by atoms with Crippen molar-refractivity contribution in [2.45, 2.75) is 40.0 Å². The number of halogens is 1. The fourth-order valence-electron chi connectivity index (χ4n) is 3.21. The SMILES string of the molecule is Cc1cc(C(C)(C)C)cc(-c2cc(F)c3ccccc3[n+]2C)c1C. The molecule has 0 spiro atoms. The summed E-state index contributed by atoms with van der Waals surface area (Å²) < 4.78 is 16.8. The highest BCUT2D eigenvalue weighted by Gasteiger charge is 2.23. The molecule has 0 radical (unpaired) electrons. The first kappa shape index (κ1) is 16.6. The number of nitrogens with zero attached hydrogens (tertiary/aromatic N) is 1. The van der Waals surface area contributed by atoms with Gasteiger partial charge in [-0.05, 0) is 48.1 Å². The maximum atomic E-state index is 14.7. The summed E-state index contributed by atoms with van der Waals surface area (Å²) >= 11 is 0. The van der Waals surface area contributed by atoms with Gasteiger partial charge in [0.25, 0.3) is 0 Å². The van der Waals surface area contributed by atoms with Crippen LogP contribution in [0.25, 0.3) is 22.2 Å². The molecule has 1 aromatic heterocycles. The van der Waals surface area contributed by atoms with Gasteiger partial charge in [-0.3, -0.25) is 0 Å². The molecule has 1 heterocycles. The topological polar surface area (TPSA) is 3.88 Å². The molecule has 0 aliphatic carbocycles. The Labute approximate surface area is 143 Å². The molecular weight excluding hydrogens is 297 g/mol. The Morgan fingerprint density at radius 1 is 0.958 bits per heavy atom. The van der Waals surface area contributed by atoms with Crippen LogP contribution in [0.3, 0.4) is 0 Å². The monoisotopic (exact) mass is 322 g/mol. The minimum Gasteiger partial charge on any atom is -0.206 e. The summed E-state index contributed by atoms with van der Waals surface area (Å²) in [6.07, 6.45) is 0. The van der Waals surface area contributed by atoms with Gasteiger partial charge in [0.15, 0.2) is 0 Å². The van der Waals surface area contributed by atoms with E-state index in [1.165, 1.54) is 16.7 Å². The van der Waals surface area contributed by atoms with Crippen LogP contribution in [-0.2, 0) is 12.5 Å². The van der Waals surface area contributed by atoms with E-state index < -0.39 is 0 Å². The smallest absolute Gasteiger partial charge is 0.206 e. The molecule has 0 unspecified atom stereocenters. The molecule has 0 N–H and O–H groups in total. The fourth-order valence-corrected chi connectivity index (χ4v) is 3.21. The molecular formula is C22H25FN+. The Hall–Kier alpha value is -2.22. The van der Waals surface area contributed by atoms with Crippen LogP contribution in [-0.4, -0.2) is 0 Å². The number of pyridine rings is 1. The quantitative estimate of drug-likeness (QED) is 0.529. The summed E-state index contributed by atoms with van der Waals surface area (Å²) in [5.74, 6) is -0.170. The second-order valence-corrected chi connectivity index (χ2v) is 7.67. The molecule has 1 nitrogen and oxygen atoms in total. The normalized spacial score (nSPS) is 12.0. The molecule has 2 heteroatoms. The molecule has 0 bridgehead atoms. The van der Waals surface area contributed by atoms with E-state index in [0.29, 0.717) is 5.39 Å². The van der Waals surface area contributed by atoms with Crippen molar-refractivity contribution in [2.24, 2.45) is 7.05 Å². The van der Waals surface area contributed by atoms with Crippen molar-refractivity contribution in [3.05, 3.63) is 65.0 Å². The van der Waals surface area contributed by atoms with Gasteiger partial charge in [-0.25, -0.2) is 4.39 Å². The van der Waals surface area contributed by atoms with E-state index in [0.717, 1.165) is 16.8 Å². The second kappa shape index (κ2) is 5.70. The average Bonchev–Trinajstić information content (AvgIpc) is 2.52. The summed E-state index contributed by atoms with van der Waals surface area (Å²) in [6, 6.07) is 13.8. The van der Waals surface area contributed by atoms with Crippen molar-refractivity contribution in [1.29, 1.82) is 0 Å². The van der Waals surface area contributed by atoms with E-state index in [1.807, 2.05) is 31.3 Å². The number of rotatable bonds is 1. The van der Waals surface area contributed by atoms with Crippen molar-refractivity contribution >= 4 is 10.9 Å². The first-order chi connectivity index (χ1) is 11.2. The first-order valence-corrected chi connectivity index (χ1v) is 8.39. The summed E-state index contributed by atoms with van der Waals surface area (Å²) in [4.78, 5) is 0. The van der Waals surface area contributed by atoms with Gasteiger partial charge in [-0.2, -0.15) is 4.57 Å². The predicted molar refractivity (Wildman–Crippen MR) is 98.7 cm³/mol. The number of aryl methyl sites for hydroxylation is 2. The van der Waals surface area contributed by atoms with Crippen molar-refractivity contribution in [3.63, 3.8) is 0 Å². The van der Waals surface area contributed by atoms with Crippen LogP contribution in [0.4, 0.5) is 4.39 Å². The Balaban J connectivity index is 2.36. The third kappa shape index (κ3) is 2.71. The lowest BCUT2D eigenvalue weighted by atomic mass is 9.83. The van der Waals surface area contributed by atoms with Crippen LogP contribution in [0.5, 0.6) is 0 Å². The van der Waals surface area contributed by atoms with E-state index in [4.69, 9.17) is 0 Å². The molecule has 0 aliphatic heterocycles. The molecule has 24 heavy (non-hydrogen) atoms. The van der Waals surface area contributed by atoms with E-state index in [9.17, 15) is 4.39 Å². The summed E-state index contributed by atoms with van der Waals surface area (Å²) in [7, 11) is 2.01. The van der Waals surface area contributed by atoms with Crippen LogP contribution >= 0.6 is 0 Å². The van der Waals surface area contributed by atoms with Gasteiger partial charge in [-0.1, -0.05) is 39.0 Å². The van der Waals surface area contributed by atoms with Crippen molar-refractivity contribution in [3.8, 4) is 11.3 Å². The molecule has 0 saturated carbocycles. The highest BCUT2D eigenvalue weighted by atomic mass is 19.1. The first-order valence-electron chi connectivity index (χ1n) is 8.39. The molecule has 0 aliphatic rings. The van der Waals surface area contributed by atoms with Gasteiger partial charge in [0.2, 0.25) is 11.2 Å². The second-order valence-electron chi connectivity index (χ2n) is 7.67. The number of fused-ring (bicyclic) bond motifs is 1. The van der Waals surface area contributed by atoms with Gasteiger partial charge in [0.1, 0.15) is 12.9 Å². The number of hydrogen-bond acceptors (Lipinski definition) is 0. The van der Waals surface area contributed by atoms with E-state index in [-0.39, 0.29) is 11.2 Å². The maximum absolute atomic E-state index is 14.7. The van der Waals surface area contributed by atoms with E-state index >= 15 is 0 Å². The van der Waals surface area contributed by atoms with Gasteiger partial charge in [0.05, 0.1) is 5.39 Å². The van der Waals surface area contributed by atoms with Gasteiger partial charge < -0.3 is 0 Å². The fraction of sp³-hybridized carbons (Fsp3) is 0.318. The summed E-state index contributed by atoms with van der Waals surface area (Å²) in [5.41, 5.74) is 6.70. The van der Waals surface area contributed by atoms with Crippen LogP contribution in [0.2, 0.25) is 0 Å². The lowest BCUT2D eigenvalue weighted by Crippen LogP contribution is -2.33. The van der Waals surface area contributed by atoms with Crippen molar-refractivity contribution in [1.82, 2.24) is 0 Å². The average molecular weight is 322 g/mol. The van der Waals surface area contributed by atoms with Gasteiger partial charge in [-0.15, -0.1) is 0 Å². The third-order valence-corrected chi connectivity index (χ3v) is 4.96. The summed E-state index contributed by atoms with van der Waals surface area (Å²) in [6.45, 7) is 10.9. The number of hydrogen-bond donors (Lipinski definition) is 0. The van der Waals surface area contributed by atoms with Gasteiger partial charge in [0, 0.05) is 17.7 Å². The Kier molecular flexibility index (Phi) is 3.95. The Morgan fingerprint density at radius 3 is 2.29 bits per heavy atom. The largest absolute Gasteiger partial charge is 0.216 e. The molecule has 0 saturated heterocycles. The molecule has 3 rings (SSSR count).